The van der Waals surface area contributed by atoms with Gasteiger partial charge in [-0.05, 0) is 37.5 Å². The average Bonchev–Trinajstić information content (AvgIpc) is 3.19. The first-order valence-electron chi connectivity index (χ1n) is 11.0. The summed E-state index contributed by atoms with van der Waals surface area (Å²) in [6.45, 7) is 6.78. The lowest BCUT2D eigenvalue weighted by molar-refractivity contribution is -0.127. The molecule has 2 aliphatic rings. The molecule has 1 aromatic rings. The lowest BCUT2D eigenvalue weighted by Gasteiger charge is -2.26. The van der Waals surface area contributed by atoms with E-state index in [4.69, 9.17) is 0 Å². The van der Waals surface area contributed by atoms with Crippen molar-refractivity contribution in [1.82, 2.24) is 25.8 Å². The summed E-state index contributed by atoms with van der Waals surface area (Å²) >= 11 is 0. The zero-order valence-electron chi connectivity index (χ0n) is 18.6. The van der Waals surface area contributed by atoms with E-state index >= 15 is 0 Å². The van der Waals surface area contributed by atoms with Crippen molar-refractivity contribution in [2.45, 2.75) is 32.7 Å². The number of guanidine groups is 1. The van der Waals surface area contributed by atoms with Gasteiger partial charge in [-0.2, -0.15) is 0 Å². The molecule has 0 atom stereocenters. The van der Waals surface area contributed by atoms with Crippen LogP contribution in [0.3, 0.4) is 0 Å². The van der Waals surface area contributed by atoms with E-state index in [1.165, 1.54) is 0 Å². The highest BCUT2D eigenvalue weighted by Gasteiger charge is 2.22. The number of rotatable bonds is 8. The second-order valence-electron chi connectivity index (χ2n) is 7.73. The zero-order valence-corrected chi connectivity index (χ0v) is 20.9. The second kappa shape index (κ2) is 13.2. The fourth-order valence-corrected chi connectivity index (χ4v) is 3.68. The van der Waals surface area contributed by atoms with Gasteiger partial charge >= 0.3 is 0 Å². The largest absolute Gasteiger partial charge is 0.357 e. The van der Waals surface area contributed by atoms with Crippen molar-refractivity contribution in [1.29, 1.82) is 0 Å². The minimum absolute atomic E-state index is 0. The van der Waals surface area contributed by atoms with Crippen LogP contribution in [0.1, 0.15) is 42.1 Å². The summed E-state index contributed by atoms with van der Waals surface area (Å²) in [7, 11) is 0. The number of halogens is 1. The smallest absolute Gasteiger partial charge is 0.254 e. The fraction of sp³-hybridized carbons (Fsp3) is 0.545. The summed E-state index contributed by atoms with van der Waals surface area (Å²) in [5.74, 6) is 0.734. The molecule has 176 valence electrons. The van der Waals surface area contributed by atoms with E-state index in [1.807, 2.05) is 24.0 Å². The molecule has 3 rings (SSSR count). The number of hydrogen-bond acceptors (Lipinski definition) is 4. The molecule has 0 aromatic heterocycles. The topological polar surface area (TPSA) is 106 Å². The number of hydrogen-bond donors (Lipinski definition) is 3. The lowest BCUT2D eigenvalue weighted by Crippen LogP contribution is -2.49. The molecule has 0 unspecified atom stereocenters. The van der Waals surface area contributed by atoms with Crippen LogP contribution in [0.15, 0.2) is 29.3 Å². The quantitative estimate of drug-likeness (QED) is 0.191. The Morgan fingerprint density at radius 2 is 1.94 bits per heavy atom. The number of piperazine rings is 1. The number of aliphatic imine (C=N–C) groups is 1. The standard InChI is InChI=1S/C22H32N6O3.HI/c1-2-23-22(25-10-4-13-27-12-3-5-20(27)30)26-15-17-6-8-18(9-7-17)21(31)28-14-11-24-19(29)16-28;/h6-9H,2-5,10-16H2,1H3,(H,24,29)(H2,23,25,26);1H. The van der Waals surface area contributed by atoms with Gasteiger partial charge in [-0.25, -0.2) is 4.99 Å². The number of amides is 3. The molecule has 0 aliphatic carbocycles. The Morgan fingerprint density at radius 3 is 2.59 bits per heavy atom. The van der Waals surface area contributed by atoms with Gasteiger partial charge in [-0.15, -0.1) is 24.0 Å². The fourth-order valence-electron chi connectivity index (χ4n) is 3.68. The Hall–Kier alpha value is -2.37. The molecule has 0 saturated carbocycles. The van der Waals surface area contributed by atoms with Crippen LogP contribution in [-0.2, 0) is 16.1 Å². The van der Waals surface area contributed by atoms with Gasteiger partial charge in [0.25, 0.3) is 5.91 Å². The molecular weight excluding hydrogens is 523 g/mol. The van der Waals surface area contributed by atoms with Crippen molar-refractivity contribution < 1.29 is 14.4 Å². The van der Waals surface area contributed by atoms with Gasteiger partial charge in [-0.3, -0.25) is 14.4 Å². The van der Waals surface area contributed by atoms with Crippen LogP contribution >= 0.6 is 24.0 Å². The molecule has 9 nitrogen and oxygen atoms in total. The number of benzene rings is 1. The molecule has 0 spiro atoms. The highest BCUT2D eigenvalue weighted by Crippen LogP contribution is 2.10. The Kier molecular flexibility index (Phi) is 10.7. The zero-order chi connectivity index (χ0) is 22.1. The predicted octanol–water partition coefficient (Wildman–Crippen LogP) is 0.944. The lowest BCUT2D eigenvalue weighted by atomic mass is 10.1. The van der Waals surface area contributed by atoms with Gasteiger partial charge in [0.1, 0.15) is 0 Å². The first-order chi connectivity index (χ1) is 15.1. The monoisotopic (exact) mass is 556 g/mol. The maximum atomic E-state index is 12.5. The minimum atomic E-state index is -0.128. The Bertz CT molecular complexity index is 814. The van der Waals surface area contributed by atoms with E-state index in [9.17, 15) is 14.4 Å². The van der Waals surface area contributed by atoms with Crippen molar-refractivity contribution in [3.8, 4) is 0 Å². The van der Waals surface area contributed by atoms with E-state index in [2.05, 4.69) is 20.9 Å². The van der Waals surface area contributed by atoms with Crippen LogP contribution in [0.4, 0.5) is 0 Å². The van der Waals surface area contributed by atoms with Crippen LogP contribution in [0.5, 0.6) is 0 Å². The van der Waals surface area contributed by atoms with E-state index in [0.717, 1.165) is 50.5 Å². The molecule has 2 saturated heterocycles. The number of likely N-dealkylation sites (tertiary alicyclic amines) is 1. The predicted molar refractivity (Wildman–Crippen MR) is 134 cm³/mol. The molecule has 0 bridgehead atoms. The molecule has 10 heteroatoms. The third-order valence-corrected chi connectivity index (χ3v) is 5.36. The van der Waals surface area contributed by atoms with E-state index in [-0.39, 0.29) is 48.2 Å². The number of carbonyl (C=O) groups is 3. The third-order valence-electron chi connectivity index (χ3n) is 5.36. The van der Waals surface area contributed by atoms with Gasteiger partial charge in [0.2, 0.25) is 11.8 Å². The summed E-state index contributed by atoms with van der Waals surface area (Å²) in [6, 6.07) is 7.35. The highest BCUT2D eigenvalue weighted by atomic mass is 127. The van der Waals surface area contributed by atoms with Crippen molar-refractivity contribution in [3.63, 3.8) is 0 Å². The van der Waals surface area contributed by atoms with Gasteiger partial charge in [0.15, 0.2) is 5.96 Å². The van der Waals surface area contributed by atoms with Crippen LogP contribution in [0, 0.1) is 0 Å². The number of nitrogens with zero attached hydrogens (tertiary/aromatic N) is 3. The third kappa shape index (κ3) is 7.64. The Morgan fingerprint density at radius 1 is 1.16 bits per heavy atom. The van der Waals surface area contributed by atoms with Crippen LogP contribution in [0.2, 0.25) is 0 Å². The maximum Gasteiger partial charge on any atom is 0.254 e. The molecule has 3 N–H and O–H groups in total. The Labute approximate surface area is 206 Å². The summed E-state index contributed by atoms with van der Waals surface area (Å²) < 4.78 is 0. The summed E-state index contributed by atoms with van der Waals surface area (Å²) in [5, 5.41) is 9.26. The Balaban J connectivity index is 0.00000363. The van der Waals surface area contributed by atoms with E-state index in [1.54, 1.807) is 17.0 Å². The molecule has 0 radical (unpaired) electrons. The first-order valence-corrected chi connectivity index (χ1v) is 11.0. The van der Waals surface area contributed by atoms with Crippen LogP contribution < -0.4 is 16.0 Å². The molecular formula is C22H33IN6O3. The van der Waals surface area contributed by atoms with E-state index < -0.39 is 0 Å². The first kappa shape index (κ1) is 25.9. The number of carbonyl (C=O) groups excluding carboxylic acids is 3. The molecule has 2 fully saturated rings. The second-order valence-corrected chi connectivity index (χ2v) is 7.73. The van der Waals surface area contributed by atoms with Gasteiger partial charge in [0, 0.05) is 51.3 Å². The van der Waals surface area contributed by atoms with Crippen LogP contribution in [-0.4, -0.2) is 79.3 Å². The van der Waals surface area contributed by atoms with Gasteiger partial charge in [-0.1, -0.05) is 12.1 Å². The van der Waals surface area contributed by atoms with E-state index in [0.29, 0.717) is 31.6 Å². The van der Waals surface area contributed by atoms with Crippen molar-refractivity contribution in [2.75, 3.05) is 45.8 Å². The minimum Gasteiger partial charge on any atom is -0.357 e. The van der Waals surface area contributed by atoms with Crippen molar-refractivity contribution >= 4 is 47.7 Å². The maximum absolute atomic E-state index is 12.5. The summed E-state index contributed by atoms with van der Waals surface area (Å²) in [4.78, 5) is 43.8. The molecule has 32 heavy (non-hydrogen) atoms. The molecule has 2 heterocycles. The highest BCUT2D eigenvalue weighted by molar-refractivity contribution is 14.0. The van der Waals surface area contributed by atoms with Gasteiger partial charge < -0.3 is 25.8 Å². The summed E-state index contributed by atoms with van der Waals surface area (Å²) in [5.41, 5.74) is 1.57. The van der Waals surface area contributed by atoms with Crippen LogP contribution in [0.25, 0.3) is 0 Å². The molecule has 1 aromatic carbocycles. The van der Waals surface area contributed by atoms with Gasteiger partial charge in [0.05, 0.1) is 13.1 Å². The normalized spacial score (nSPS) is 16.5. The average molecular weight is 556 g/mol. The molecule has 2 aliphatic heterocycles. The van der Waals surface area contributed by atoms with Crippen molar-refractivity contribution in [2.24, 2.45) is 4.99 Å². The summed E-state index contributed by atoms with van der Waals surface area (Å²) in [6.07, 6.45) is 2.52. The van der Waals surface area contributed by atoms with Crippen molar-refractivity contribution in [3.05, 3.63) is 35.4 Å². The number of nitrogens with one attached hydrogen (secondary N) is 3. The molecule has 3 amide bonds. The SMILES string of the molecule is CCNC(=NCc1ccc(C(=O)N2CCNC(=O)C2)cc1)NCCCN1CCCC1=O.I.